The minimum Gasteiger partial charge on any atom is -0.468 e. The second kappa shape index (κ2) is 6.06. The highest BCUT2D eigenvalue weighted by molar-refractivity contribution is 4.98. The summed E-state index contributed by atoms with van der Waals surface area (Å²) in [5, 5.41) is 3.48. The van der Waals surface area contributed by atoms with Gasteiger partial charge in [-0.3, -0.25) is 4.90 Å². The van der Waals surface area contributed by atoms with E-state index in [2.05, 4.69) is 23.2 Å². The molecular weight excluding hydrogens is 200 g/mol. The van der Waals surface area contributed by atoms with E-state index in [1.54, 1.807) is 6.26 Å². The van der Waals surface area contributed by atoms with E-state index in [1.807, 2.05) is 6.07 Å². The van der Waals surface area contributed by atoms with Gasteiger partial charge in [0, 0.05) is 12.6 Å². The van der Waals surface area contributed by atoms with Gasteiger partial charge < -0.3 is 9.73 Å². The Morgan fingerprint density at radius 1 is 1.56 bits per heavy atom. The number of nitrogens with zero attached hydrogens (tertiary/aromatic N) is 1. The van der Waals surface area contributed by atoms with Crippen LogP contribution in [0.25, 0.3) is 0 Å². The quantitative estimate of drug-likeness (QED) is 0.828. The average Bonchev–Trinajstić information content (AvgIpc) is 2.83. The lowest BCUT2D eigenvalue weighted by molar-refractivity contribution is 0.147. The summed E-state index contributed by atoms with van der Waals surface area (Å²) in [6, 6.07) is 4.72. The summed E-state index contributed by atoms with van der Waals surface area (Å²) in [7, 11) is 0. The zero-order valence-electron chi connectivity index (χ0n) is 10.1. The van der Waals surface area contributed by atoms with Gasteiger partial charge in [0.15, 0.2) is 0 Å². The van der Waals surface area contributed by atoms with Crippen LogP contribution in [0, 0.1) is 0 Å². The predicted octanol–water partition coefficient (Wildman–Crippen LogP) is 2.24. The molecule has 1 aromatic heterocycles. The molecule has 1 saturated heterocycles. The molecule has 1 aromatic rings. The van der Waals surface area contributed by atoms with Crippen LogP contribution in [0.3, 0.4) is 0 Å². The fourth-order valence-corrected chi connectivity index (χ4v) is 2.43. The minimum atomic E-state index is 0.679. The lowest BCUT2D eigenvalue weighted by Gasteiger charge is -2.33. The van der Waals surface area contributed by atoms with Crippen molar-refractivity contribution in [1.82, 2.24) is 10.2 Å². The monoisotopic (exact) mass is 222 g/mol. The Labute approximate surface area is 97.8 Å². The van der Waals surface area contributed by atoms with Crippen molar-refractivity contribution in [1.29, 1.82) is 0 Å². The molecule has 0 spiro atoms. The summed E-state index contributed by atoms with van der Waals surface area (Å²) in [5.41, 5.74) is 0. The molecule has 1 atom stereocenters. The van der Waals surface area contributed by atoms with Gasteiger partial charge in [-0.2, -0.15) is 0 Å². The lowest BCUT2D eigenvalue weighted by atomic mass is 10.1. The van der Waals surface area contributed by atoms with Gasteiger partial charge in [0.1, 0.15) is 5.76 Å². The van der Waals surface area contributed by atoms with Crippen LogP contribution in [-0.4, -0.2) is 30.6 Å². The second-order valence-electron chi connectivity index (χ2n) is 4.55. The predicted molar refractivity (Wildman–Crippen MR) is 65.3 cm³/mol. The first kappa shape index (κ1) is 11.7. The highest BCUT2D eigenvalue weighted by atomic mass is 16.3. The first-order chi connectivity index (χ1) is 7.90. The van der Waals surface area contributed by atoms with Gasteiger partial charge in [-0.05, 0) is 44.5 Å². The Balaban J connectivity index is 1.92. The van der Waals surface area contributed by atoms with Crippen LogP contribution in [0.4, 0.5) is 0 Å². The average molecular weight is 222 g/mol. The molecule has 1 aliphatic rings. The SMILES string of the molecule is CCCN(Cc1ccco1)C1CCCNC1. The van der Waals surface area contributed by atoms with Crippen LogP contribution in [-0.2, 0) is 6.54 Å². The summed E-state index contributed by atoms with van der Waals surface area (Å²) < 4.78 is 5.44. The highest BCUT2D eigenvalue weighted by Crippen LogP contribution is 2.15. The largest absolute Gasteiger partial charge is 0.468 e. The molecule has 0 saturated carbocycles. The summed E-state index contributed by atoms with van der Waals surface area (Å²) in [6.07, 6.45) is 5.58. The molecule has 3 nitrogen and oxygen atoms in total. The van der Waals surface area contributed by atoms with E-state index < -0.39 is 0 Å². The van der Waals surface area contributed by atoms with E-state index in [1.165, 1.54) is 25.8 Å². The van der Waals surface area contributed by atoms with Crippen molar-refractivity contribution in [2.45, 2.75) is 38.8 Å². The van der Waals surface area contributed by atoms with Gasteiger partial charge in [0.25, 0.3) is 0 Å². The Hall–Kier alpha value is -0.800. The molecule has 1 unspecified atom stereocenters. The zero-order chi connectivity index (χ0) is 11.2. The molecule has 0 aliphatic carbocycles. The van der Waals surface area contributed by atoms with Crippen molar-refractivity contribution in [2.24, 2.45) is 0 Å². The fourth-order valence-electron chi connectivity index (χ4n) is 2.43. The van der Waals surface area contributed by atoms with E-state index in [-0.39, 0.29) is 0 Å². The van der Waals surface area contributed by atoms with E-state index in [0.29, 0.717) is 6.04 Å². The normalized spacial score (nSPS) is 21.5. The fraction of sp³-hybridized carbons (Fsp3) is 0.692. The third kappa shape index (κ3) is 3.09. The molecule has 0 radical (unpaired) electrons. The van der Waals surface area contributed by atoms with Gasteiger partial charge in [-0.15, -0.1) is 0 Å². The van der Waals surface area contributed by atoms with Crippen molar-refractivity contribution in [3.8, 4) is 0 Å². The maximum absolute atomic E-state index is 5.44. The molecule has 90 valence electrons. The van der Waals surface area contributed by atoms with E-state index in [9.17, 15) is 0 Å². The topological polar surface area (TPSA) is 28.4 Å². The van der Waals surface area contributed by atoms with Gasteiger partial charge in [0.2, 0.25) is 0 Å². The molecule has 16 heavy (non-hydrogen) atoms. The van der Waals surface area contributed by atoms with Crippen molar-refractivity contribution < 1.29 is 4.42 Å². The van der Waals surface area contributed by atoms with Crippen LogP contribution in [0.2, 0.25) is 0 Å². The van der Waals surface area contributed by atoms with E-state index in [4.69, 9.17) is 4.42 Å². The molecule has 0 bridgehead atoms. The maximum Gasteiger partial charge on any atom is 0.117 e. The summed E-state index contributed by atoms with van der Waals surface area (Å²) in [4.78, 5) is 2.55. The van der Waals surface area contributed by atoms with E-state index in [0.717, 1.165) is 25.4 Å². The van der Waals surface area contributed by atoms with Crippen molar-refractivity contribution in [3.05, 3.63) is 24.2 Å². The molecule has 0 aromatic carbocycles. The molecule has 1 N–H and O–H groups in total. The van der Waals surface area contributed by atoms with Crippen LogP contribution in [0.5, 0.6) is 0 Å². The number of furan rings is 1. The van der Waals surface area contributed by atoms with Crippen LogP contribution in [0.15, 0.2) is 22.8 Å². The number of piperidine rings is 1. The summed E-state index contributed by atoms with van der Waals surface area (Å²) in [5.74, 6) is 1.08. The zero-order valence-corrected chi connectivity index (χ0v) is 10.1. The highest BCUT2D eigenvalue weighted by Gasteiger charge is 2.20. The van der Waals surface area contributed by atoms with Gasteiger partial charge in [-0.1, -0.05) is 6.92 Å². The van der Waals surface area contributed by atoms with Gasteiger partial charge in [-0.25, -0.2) is 0 Å². The van der Waals surface area contributed by atoms with Gasteiger partial charge in [0.05, 0.1) is 12.8 Å². The molecule has 2 heterocycles. The van der Waals surface area contributed by atoms with Crippen molar-refractivity contribution in [3.63, 3.8) is 0 Å². The standard InChI is InChI=1S/C13H22N2O/c1-2-8-15(11-13-6-4-9-16-13)12-5-3-7-14-10-12/h4,6,9,12,14H,2-3,5,7-8,10-11H2,1H3. The summed E-state index contributed by atoms with van der Waals surface area (Å²) >= 11 is 0. The smallest absolute Gasteiger partial charge is 0.117 e. The Kier molecular flexibility index (Phi) is 4.43. The third-order valence-corrected chi connectivity index (χ3v) is 3.24. The number of hydrogen-bond donors (Lipinski definition) is 1. The summed E-state index contributed by atoms with van der Waals surface area (Å²) in [6.45, 7) is 6.66. The first-order valence-corrected chi connectivity index (χ1v) is 6.37. The minimum absolute atomic E-state index is 0.679. The Bertz CT molecular complexity index is 278. The van der Waals surface area contributed by atoms with Crippen LogP contribution >= 0.6 is 0 Å². The maximum atomic E-state index is 5.44. The van der Waals surface area contributed by atoms with Crippen LogP contribution < -0.4 is 5.32 Å². The van der Waals surface area contributed by atoms with E-state index >= 15 is 0 Å². The first-order valence-electron chi connectivity index (χ1n) is 6.37. The number of hydrogen-bond acceptors (Lipinski definition) is 3. The Morgan fingerprint density at radius 3 is 3.12 bits per heavy atom. The molecule has 1 fully saturated rings. The molecule has 0 amide bonds. The van der Waals surface area contributed by atoms with Crippen molar-refractivity contribution >= 4 is 0 Å². The second-order valence-corrected chi connectivity index (χ2v) is 4.55. The van der Waals surface area contributed by atoms with Crippen molar-refractivity contribution in [2.75, 3.05) is 19.6 Å². The molecular formula is C13H22N2O. The molecule has 1 aliphatic heterocycles. The molecule has 3 heteroatoms. The lowest BCUT2D eigenvalue weighted by Crippen LogP contribution is -2.45. The Morgan fingerprint density at radius 2 is 2.50 bits per heavy atom. The van der Waals surface area contributed by atoms with Gasteiger partial charge >= 0.3 is 0 Å². The van der Waals surface area contributed by atoms with Crippen LogP contribution in [0.1, 0.15) is 31.9 Å². The molecule has 2 rings (SSSR count). The number of rotatable bonds is 5. The number of nitrogens with one attached hydrogen (secondary N) is 1. The third-order valence-electron chi connectivity index (χ3n) is 3.24.